The molecule has 146 valence electrons. The zero-order chi connectivity index (χ0) is 19.5. The lowest BCUT2D eigenvalue weighted by Gasteiger charge is -2.31. The summed E-state index contributed by atoms with van der Waals surface area (Å²) >= 11 is 12.5. The summed E-state index contributed by atoms with van der Waals surface area (Å²) in [6.45, 7) is 5.59. The lowest BCUT2D eigenvalue weighted by atomic mass is 10.0. The van der Waals surface area contributed by atoms with Crippen LogP contribution in [0.2, 0.25) is 10.0 Å². The summed E-state index contributed by atoms with van der Waals surface area (Å²) in [5, 5.41) is 1.19. The van der Waals surface area contributed by atoms with E-state index in [1.807, 2.05) is 31.2 Å². The molecule has 0 radical (unpaired) electrons. The number of fused-ring (bicyclic) bond motifs is 1. The maximum Gasteiger partial charge on any atom is 0.119 e. The number of rotatable bonds is 5. The Morgan fingerprint density at radius 1 is 1.00 bits per heavy atom. The Hall–Kier alpha value is -1.94. The highest BCUT2D eigenvalue weighted by atomic mass is 35.5. The molecule has 2 heterocycles. The molecule has 0 aliphatic carbocycles. The van der Waals surface area contributed by atoms with Crippen LogP contribution in [0.5, 0.6) is 5.75 Å². The summed E-state index contributed by atoms with van der Waals surface area (Å²) in [7, 11) is 0. The molecule has 0 spiro atoms. The van der Waals surface area contributed by atoms with Crippen molar-refractivity contribution >= 4 is 23.2 Å². The molecule has 4 rings (SSSR count). The van der Waals surface area contributed by atoms with Gasteiger partial charge in [-0.05, 0) is 60.9 Å². The van der Waals surface area contributed by atoms with Crippen molar-refractivity contribution in [3.8, 4) is 5.75 Å². The fourth-order valence-corrected chi connectivity index (χ4v) is 4.27. The van der Waals surface area contributed by atoms with E-state index in [9.17, 15) is 0 Å². The first-order valence-electron chi connectivity index (χ1n) is 9.71. The van der Waals surface area contributed by atoms with Gasteiger partial charge in [-0.2, -0.15) is 0 Å². The van der Waals surface area contributed by atoms with Gasteiger partial charge in [0.05, 0.1) is 22.7 Å². The Morgan fingerprint density at radius 2 is 1.82 bits per heavy atom. The largest absolute Gasteiger partial charge is 0.494 e. The van der Waals surface area contributed by atoms with E-state index in [4.69, 9.17) is 27.9 Å². The van der Waals surface area contributed by atoms with E-state index >= 15 is 0 Å². The molecule has 1 unspecified atom stereocenters. The Morgan fingerprint density at radius 3 is 2.57 bits per heavy atom. The Labute approximate surface area is 176 Å². The fourth-order valence-electron chi connectivity index (χ4n) is 3.97. The van der Waals surface area contributed by atoms with Crippen molar-refractivity contribution in [1.82, 2.24) is 9.47 Å². The highest BCUT2D eigenvalue weighted by Gasteiger charge is 2.27. The van der Waals surface area contributed by atoms with Gasteiger partial charge in [0.1, 0.15) is 5.75 Å². The number of halogens is 2. The highest BCUT2D eigenvalue weighted by Crippen LogP contribution is 2.35. The molecule has 1 aliphatic rings. The van der Waals surface area contributed by atoms with Crippen molar-refractivity contribution < 1.29 is 4.74 Å². The second-order valence-electron chi connectivity index (χ2n) is 7.10. The molecular weight excluding hydrogens is 391 g/mol. The first-order chi connectivity index (χ1) is 13.7. The van der Waals surface area contributed by atoms with Crippen LogP contribution in [0.4, 0.5) is 0 Å². The average Bonchev–Trinajstić information content (AvgIpc) is 3.08. The zero-order valence-electron chi connectivity index (χ0n) is 15.9. The predicted molar refractivity (Wildman–Crippen MR) is 115 cm³/mol. The van der Waals surface area contributed by atoms with E-state index in [2.05, 4.69) is 46.0 Å². The minimum Gasteiger partial charge on any atom is -0.494 e. The number of hydrogen-bond donors (Lipinski definition) is 0. The molecule has 0 bridgehead atoms. The van der Waals surface area contributed by atoms with E-state index in [0.29, 0.717) is 16.7 Å². The van der Waals surface area contributed by atoms with E-state index in [1.54, 1.807) is 0 Å². The molecule has 0 saturated carbocycles. The molecule has 0 fully saturated rings. The van der Waals surface area contributed by atoms with Crippen LogP contribution < -0.4 is 4.74 Å². The summed E-state index contributed by atoms with van der Waals surface area (Å²) in [4.78, 5) is 2.52. The van der Waals surface area contributed by atoms with Crippen LogP contribution in [0.1, 0.15) is 36.2 Å². The summed E-state index contributed by atoms with van der Waals surface area (Å²) < 4.78 is 7.93. The van der Waals surface area contributed by atoms with Crippen molar-refractivity contribution in [3.63, 3.8) is 0 Å². The van der Waals surface area contributed by atoms with E-state index in [0.717, 1.165) is 31.8 Å². The van der Waals surface area contributed by atoms with Gasteiger partial charge in [-0.15, -0.1) is 0 Å². The topological polar surface area (TPSA) is 17.4 Å². The normalized spacial score (nSPS) is 17.2. The first kappa shape index (κ1) is 19.4. The third-order valence-electron chi connectivity index (χ3n) is 5.23. The Bertz CT molecular complexity index is 936. The molecule has 0 saturated heterocycles. The summed E-state index contributed by atoms with van der Waals surface area (Å²) in [5.41, 5.74) is 3.73. The molecule has 0 N–H and O–H groups in total. The van der Waals surface area contributed by atoms with Gasteiger partial charge in [0.15, 0.2) is 0 Å². The van der Waals surface area contributed by atoms with Crippen LogP contribution in [-0.2, 0) is 13.1 Å². The van der Waals surface area contributed by atoms with Gasteiger partial charge in [-0.3, -0.25) is 4.90 Å². The lowest BCUT2D eigenvalue weighted by Crippen LogP contribution is -2.29. The summed E-state index contributed by atoms with van der Waals surface area (Å²) in [6.07, 6.45) is 3.27. The number of benzene rings is 2. The number of nitrogens with zero attached hydrogens (tertiary/aromatic N) is 2. The fraction of sp³-hybridized carbons (Fsp3) is 0.304. The molecule has 28 heavy (non-hydrogen) atoms. The van der Waals surface area contributed by atoms with Gasteiger partial charge in [0.2, 0.25) is 0 Å². The van der Waals surface area contributed by atoms with E-state index in [-0.39, 0.29) is 6.04 Å². The minimum atomic E-state index is 0.138. The molecule has 1 aliphatic heterocycles. The average molecular weight is 415 g/mol. The van der Waals surface area contributed by atoms with Crippen LogP contribution in [0.15, 0.2) is 60.8 Å². The van der Waals surface area contributed by atoms with Crippen molar-refractivity contribution in [2.75, 3.05) is 13.2 Å². The van der Waals surface area contributed by atoms with Crippen molar-refractivity contribution in [1.29, 1.82) is 0 Å². The lowest BCUT2D eigenvalue weighted by molar-refractivity contribution is 0.220. The molecule has 2 aromatic carbocycles. The quantitative estimate of drug-likeness (QED) is 0.495. The Kier molecular flexibility index (Phi) is 5.96. The molecule has 5 heteroatoms. The van der Waals surface area contributed by atoms with Crippen LogP contribution in [0.3, 0.4) is 0 Å². The van der Waals surface area contributed by atoms with Crippen LogP contribution in [-0.4, -0.2) is 22.6 Å². The Balaban J connectivity index is 1.68. The van der Waals surface area contributed by atoms with Gasteiger partial charge in [-0.1, -0.05) is 41.4 Å². The summed E-state index contributed by atoms with van der Waals surface area (Å²) in [5.74, 6) is 0.914. The van der Waals surface area contributed by atoms with Gasteiger partial charge < -0.3 is 9.30 Å². The SMILES string of the molecule is CCOc1ccc(CN2CCCn3cccc3C2c2ccc(Cl)c(Cl)c2)cc1. The third-order valence-corrected chi connectivity index (χ3v) is 5.97. The van der Waals surface area contributed by atoms with Crippen LogP contribution in [0, 0.1) is 0 Å². The smallest absolute Gasteiger partial charge is 0.119 e. The van der Waals surface area contributed by atoms with Crippen molar-refractivity contribution in [3.05, 3.63) is 87.7 Å². The van der Waals surface area contributed by atoms with Crippen LogP contribution >= 0.6 is 23.2 Å². The number of aryl methyl sites for hydroxylation is 1. The zero-order valence-corrected chi connectivity index (χ0v) is 17.5. The van der Waals surface area contributed by atoms with Crippen molar-refractivity contribution in [2.24, 2.45) is 0 Å². The standard InChI is InChI=1S/C23H24Cl2N2O/c1-2-28-19-9-6-17(7-10-19)16-27-14-4-13-26-12-3-5-22(26)23(27)18-8-11-20(24)21(25)15-18/h3,5-12,15,23H,2,4,13-14,16H2,1H3. The molecule has 1 aromatic heterocycles. The third kappa shape index (κ3) is 4.07. The number of aromatic nitrogens is 1. The van der Waals surface area contributed by atoms with E-state index < -0.39 is 0 Å². The second-order valence-corrected chi connectivity index (χ2v) is 7.92. The molecule has 1 atom stereocenters. The number of ether oxygens (including phenoxy) is 1. The summed E-state index contributed by atoms with van der Waals surface area (Å²) in [6, 6.07) is 18.9. The van der Waals surface area contributed by atoms with Gasteiger partial charge in [-0.25, -0.2) is 0 Å². The minimum absolute atomic E-state index is 0.138. The maximum absolute atomic E-state index is 6.36. The second kappa shape index (κ2) is 8.60. The molecule has 3 nitrogen and oxygen atoms in total. The van der Waals surface area contributed by atoms with Crippen molar-refractivity contribution in [2.45, 2.75) is 32.5 Å². The molecule has 3 aromatic rings. The monoisotopic (exact) mass is 414 g/mol. The first-order valence-corrected chi connectivity index (χ1v) is 10.5. The maximum atomic E-state index is 6.36. The van der Waals surface area contributed by atoms with Gasteiger partial charge in [0.25, 0.3) is 0 Å². The van der Waals surface area contributed by atoms with E-state index in [1.165, 1.54) is 16.8 Å². The highest BCUT2D eigenvalue weighted by molar-refractivity contribution is 6.42. The van der Waals surface area contributed by atoms with Gasteiger partial charge in [0, 0.05) is 31.5 Å². The number of hydrogen-bond acceptors (Lipinski definition) is 2. The van der Waals surface area contributed by atoms with Crippen LogP contribution in [0.25, 0.3) is 0 Å². The van der Waals surface area contributed by atoms with Gasteiger partial charge >= 0.3 is 0 Å². The molecular formula is C23H24Cl2N2O. The predicted octanol–water partition coefficient (Wildman–Crippen LogP) is 6.19. The molecule has 0 amide bonds.